The largest absolute Gasteiger partial charge is 1.00 e. The minimum Gasteiger partial charge on any atom is -1.00 e. The number of rotatable bonds is 22. The van der Waals surface area contributed by atoms with Crippen molar-refractivity contribution < 1.29 is 26.6 Å². The third kappa shape index (κ3) is 28.6. The maximum atomic E-state index is 8.74. The Morgan fingerprint density at radius 1 is 0.393 bits per heavy atom. The minimum absolute atomic E-state index is 0. The van der Waals surface area contributed by atoms with Gasteiger partial charge in [-0.25, -0.2) is 0 Å². The quantitative estimate of drug-likeness (QED) is 0.185. The van der Waals surface area contributed by atoms with Gasteiger partial charge in [0.2, 0.25) is 0 Å². The first-order chi connectivity index (χ1) is 13.1. The molecule has 0 atom stereocenters. The summed E-state index contributed by atoms with van der Waals surface area (Å²) in [5.74, 6) is 0. The summed E-state index contributed by atoms with van der Waals surface area (Å²) in [5, 5.41) is 8.74. The number of quaternary nitrogens is 1. The fourth-order valence-electron chi connectivity index (χ4n) is 3.88. The smallest absolute Gasteiger partial charge is 0.0780 e. The van der Waals surface area contributed by atoms with Crippen LogP contribution in [0, 0.1) is 0 Å². The van der Waals surface area contributed by atoms with Crippen molar-refractivity contribution in [3.8, 4) is 0 Å². The second-order valence-corrected chi connectivity index (χ2v) is 9.81. The van der Waals surface area contributed by atoms with Crippen LogP contribution in [0.4, 0.5) is 0 Å². The summed E-state index contributed by atoms with van der Waals surface area (Å²) >= 11 is 0. The molecule has 0 aromatic carbocycles. The molecule has 3 heteroatoms. The van der Waals surface area contributed by atoms with Crippen molar-refractivity contribution in [2.24, 2.45) is 0 Å². The van der Waals surface area contributed by atoms with Crippen LogP contribution < -0.4 is 17.0 Å². The van der Waals surface area contributed by atoms with Crippen LogP contribution in [0.15, 0.2) is 0 Å². The maximum absolute atomic E-state index is 8.74. The van der Waals surface area contributed by atoms with Gasteiger partial charge in [0.1, 0.15) is 0 Å². The standard InChI is InChI=1S/C25H54NO.BrH/c1-26(2,3)24-22-20-18-16-14-12-10-8-6-4-5-7-9-11-13-15-17-19-21-23-25-27;/h27H,4-25H2,1-3H3;1H/q+1;/p-1. The van der Waals surface area contributed by atoms with Crippen molar-refractivity contribution in [1.82, 2.24) is 0 Å². The van der Waals surface area contributed by atoms with Gasteiger partial charge in [-0.3, -0.25) is 0 Å². The fourth-order valence-corrected chi connectivity index (χ4v) is 3.88. The van der Waals surface area contributed by atoms with Crippen molar-refractivity contribution >= 4 is 0 Å². The Morgan fingerprint density at radius 2 is 0.607 bits per heavy atom. The first-order valence-electron chi connectivity index (χ1n) is 12.5. The Labute approximate surface area is 189 Å². The van der Waals surface area contributed by atoms with Gasteiger partial charge in [-0.05, 0) is 19.3 Å². The van der Waals surface area contributed by atoms with Gasteiger partial charge < -0.3 is 26.6 Å². The van der Waals surface area contributed by atoms with Gasteiger partial charge in [-0.1, -0.05) is 109 Å². The first-order valence-corrected chi connectivity index (χ1v) is 12.5. The predicted molar refractivity (Wildman–Crippen MR) is 122 cm³/mol. The van der Waals surface area contributed by atoms with Crippen LogP contribution in [0.3, 0.4) is 0 Å². The molecule has 0 aliphatic heterocycles. The van der Waals surface area contributed by atoms with E-state index >= 15 is 0 Å². The molecule has 0 aliphatic rings. The molecule has 0 aromatic heterocycles. The molecule has 1 N–H and O–H groups in total. The van der Waals surface area contributed by atoms with Gasteiger partial charge in [-0.2, -0.15) is 0 Å². The summed E-state index contributed by atoms with van der Waals surface area (Å²) < 4.78 is 1.12. The zero-order valence-corrected chi connectivity index (χ0v) is 21.4. The summed E-state index contributed by atoms with van der Waals surface area (Å²) in [6.07, 6.45) is 28.1. The molecule has 0 heterocycles. The second-order valence-electron chi connectivity index (χ2n) is 9.81. The molecule has 28 heavy (non-hydrogen) atoms. The highest BCUT2D eigenvalue weighted by Crippen LogP contribution is 2.15. The highest BCUT2D eigenvalue weighted by atomic mass is 79.9. The molecule has 0 rings (SSSR count). The molecule has 0 fully saturated rings. The van der Waals surface area contributed by atoms with Crippen LogP contribution in [0.25, 0.3) is 0 Å². The number of halogens is 1. The van der Waals surface area contributed by atoms with Gasteiger partial charge in [0.05, 0.1) is 27.7 Å². The molecular formula is C25H54BrNO. The third-order valence-corrected chi connectivity index (χ3v) is 5.74. The topological polar surface area (TPSA) is 20.2 Å². The Balaban J connectivity index is 0. The van der Waals surface area contributed by atoms with Crippen molar-refractivity contribution in [2.45, 2.75) is 128 Å². The first kappa shape index (κ1) is 30.6. The summed E-state index contributed by atoms with van der Waals surface area (Å²) in [6.45, 7) is 1.70. The van der Waals surface area contributed by atoms with E-state index in [0.717, 1.165) is 10.9 Å². The highest BCUT2D eigenvalue weighted by molar-refractivity contribution is 4.51. The molecule has 0 spiro atoms. The van der Waals surface area contributed by atoms with E-state index in [1.54, 1.807) is 0 Å². The molecule has 0 aromatic rings. The number of nitrogens with zero attached hydrogens (tertiary/aromatic N) is 1. The average Bonchev–Trinajstić information content (AvgIpc) is 2.62. The van der Waals surface area contributed by atoms with Crippen LogP contribution in [-0.2, 0) is 0 Å². The van der Waals surface area contributed by atoms with Gasteiger partial charge in [0.25, 0.3) is 0 Å². The molecule has 172 valence electrons. The number of hydrogen-bond donors (Lipinski definition) is 1. The van der Waals surface area contributed by atoms with E-state index in [-0.39, 0.29) is 17.0 Å². The molecular weight excluding hydrogens is 410 g/mol. The fraction of sp³-hybridized carbons (Fsp3) is 1.00. The van der Waals surface area contributed by atoms with E-state index in [0.29, 0.717) is 6.61 Å². The second kappa shape index (κ2) is 23.7. The van der Waals surface area contributed by atoms with Gasteiger partial charge >= 0.3 is 0 Å². The van der Waals surface area contributed by atoms with E-state index in [2.05, 4.69) is 21.1 Å². The molecule has 0 radical (unpaired) electrons. The van der Waals surface area contributed by atoms with Crippen LogP contribution in [0.5, 0.6) is 0 Å². The van der Waals surface area contributed by atoms with Crippen LogP contribution in [0.2, 0.25) is 0 Å². The van der Waals surface area contributed by atoms with E-state index in [9.17, 15) is 0 Å². The third-order valence-electron chi connectivity index (χ3n) is 5.74. The Hall–Kier alpha value is 0.400. The lowest BCUT2D eigenvalue weighted by Crippen LogP contribution is -3.00. The van der Waals surface area contributed by atoms with Crippen LogP contribution in [0.1, 0.15) is 128 Å². The monoisotopic (exact) mass is 463 g/mol. The summed E-state index contributed by atoms with van der Waals surface area (Å²) in [4.78, 5) is 0. The normalized spacial score (nSPS) is 11.6. The molecule has 0 saturated heterocycles. The minimum atomic E-state index is 0. The number of unbranched alkanes of at least 4 members (excludes halogenated alkanes) is 19. The highest BCUT2D eigenvalue weighted by Gasteiger charge is 2.04. The predicted octanol–water partition coefficient (Wildman–Crippen LogP) is 4.49. The lowest BCUT2D eigenvalue weighted by atomic mass is 10.0. The van der Waals surface area contributed by atoms with E-state index in [1.807, 2.05) is 0 Å². The molecule has 2 nitrogen and oxygen atoms in total. The van der Waals surface area contributed by atoms with Crippen molar-refractivity contribution in [3.05, 3.63) is 0 Å². The molecule has 0 aliphatic carbocycles. The lowest BCUT2D eigenvalue weighted by molar-refractivity contribution is -0.870. The van der Waals surface area contributed by atoms with Crippen molar-refractivity contribution in [3.63, 3.8) is 0 Å². The van der Waals surface area contributed by atoms with Crippen LogP contribution in [-0.4, -0.2) is 43.9 Å². The summed E-state index contributed by atoms with van der Waals surface area (Å²) in [5.41, 5.74) is 0. The Kier molecular flexibility index (Phi) is 25.9. The zero-order chi connectivity index (χ0) is 20.1. The SMILES string of the molecule is C[N+](C)(C)CCCCCCCCCCCCCCCCCCCCCCO.[Br-]. The summed E-state index contributed by atoms with van der Waals surface area (Å²) in [6, 6.07) is 0. The van der Waals surface area contributed by atoms with Gasteiger partial charge in [-0.15, -0.1) is 0 Å². The molecule has 0 saturated carbocycles. The number of aliphatic hydroxyl groups excluding tert-OH is 1. The van der Waals surface area contributed by atoms with E-state index in [4.69, 9.17) is 5.11 Å². The number of aliphatic hydroxyl groups is 1. The Bertz CT molecular complexity index is 278. The van der Waals surface area contributed by atoms with Crippen molar-refractivity contribution in [2.75, 3.05) is 34.3 Å². The van der Waals surface area contributed by atoms with Crippen molar-refractivity contribution in [1.29, 1.82) is 0 Å². The summed E-state index contributed by atoms with van der Waals surface area (Å²) in [7, 11) is 6.89. The van der Waals surface area contributed by atoms with Gasteiger partial charge in [0, 0.05) is 6.61 Å². The maximum Gasteiger partial charge on any atom is 0.0780 e. The number of hydrogen-bond acceptors (Lipinski definition) is 1. The molecule has 0 bridgehead atoms. The van der Waals surface area contributed by atoms with E-state index in [1.165, 1.54) is 129 Å². The average molecular weight is 465 g/mol. The molecule has 0 amide bonds. The molecule has 0 unspecified atom stereocenters. The Morgan fingerprint density at radius 3 is 0.821 bits per heavy atom. The van der Waals surface area contributed by atoms with Crippen LogP contribution >= 0.6 is 0 Å². The lowest BCUT2D eigenvalue weighted by Gasteiger charge is -2.23. The zero-order valence-electron chi connectivity index (χ0n) is 19.8. The van der Waals surface area contributed by atoms with Gasteiger partial charge in [0.15, 0.2) is 0 Å². The van der Waals surface area contributed by atoms with E-state index < -0.39 is 0 Å².